The highest BCUT2D eigenvalue weighted by molar-refractivity contribution is 5.29. The first-order chi connectivity index (χ1) is 8.69. The molecule has 0 saturated carbocycles. The first-order valence-corrected chi connectivity index (χ1v) is 6.13. The molecule has 3 N–H and O–H groups in total. The van der Waals surface area contributed by atoms with Crippen LogP contribution >= 0.6 is 0 Å². The van der Waals surface area contributed by atoms with Crippen LogP contribution in [-0.4, -0.2) is 4.98 Å². The summed E-state index contributed by atoms with van der Waals surface area (Å²) in [6.45, 7) is 4.23. The highest BCUT2D eigenvalue weighted by Gasteiger charge is 2.11. The number of hydrogen-bond acceptors (Lipinski definition) is 3. The van der Waals surface area contributed by atoms with E-state index >= 15 is 0 Å². The normalized spacial score (nSPS) is 12.4. The average Bonchev–Trinajstić information content (AvgIpc) is 2.36. The van der Waals surface area contributed by atoms with E-state index in [-0.39, 0.29) is 6.04 Å². The van der Waals surface area contributed by atoms with E-state index in [1.807, 2.05) is 18.2 Å². The van der Waals surface area contributed by atoms with Gasteiger partial charge in [0.15, 0.2) is 0 Å². The first-order valence-electron chi connectivity index (χ1n) is 6.13. The fraction of sp³-hybridized carbons (Fsp3) is 0.267. The summed E-state index contributed by atoms with van der Waals surface area (Å²) in [5.41, 5.74) is 7.65. The van der Waals surface area contributed by atoms with Crippen molar-refractivity contribution in [2.75, 3.05) is 0 Å². The summed E-state index contributed by atoms with van der Waals surface area (Å²) >= 11 is 0. The van der Waals surface area contributed by atoms with Gasteiger partial charge in [-0.2, -0.15) is 0 Å². The molecule has 3 nitrogen and oxygen atoms in total. The van der Waals surface area contributed by atoms with Crippen molar-refractivity contribution < 1.29 is 0 Å². The molecule has 1 heterocycles. The van der Waals surface area contributed by atoms with Crippen molar-refractivity contribution in [3.8, 4) is 0 Å². The maximum absolute atomic E-state index is 5.64. The zero-order valence-corrected chi connectivity index (χ0v) is 10.9. The van der Waals surface area contributed by atoms with Gasteiger partial charge in [0.05, 0.1) is 11.7 Å². The van der Waals surface area contributed by atoms with Crippen LogP contribution in [0.25, 0.3) is 0 Å². The second kappa shape index (κ2) is 5.76. The molecule has 2 rings (SSSR count). The van der Waals surface area contributed by atoms with Gasteiger partial charge in [-0.3, -0.25) is 16.3 Å². The van der Waals surface area contributed by atoms with E-state index in [2.05, 4.69) is 42.5 Å². The molecule has 0 spiro atoms. The Labute approximate surface area is 108 Å². The van der Waals surface area contributed by atoms with Crippen molar-refractivity contribution in [2.24, 2.45) is 5.84 Å². The SMILES string of the molecule is Cc1cc(C)cc(CC(NN)c2ccccn2)c1. The number of nitrogens with two attached hydrogens (primary N) is 1. The Balaban J connectivity index is 2.20. The smallest absolute Gasteiger partial charge is 0.0672 e. The molecule has 0 aliphatic heterocycles. The molecule has 0 fully saturated rings. The maximum Gasteiger partial charge on any atom is 0.0672 e. The molecule has 1 atom stereocenters. The Hall–Kier alpha value is -1.71. The van der Waals surface area contributed by atoms with Gasteiger partial charge in [0, 0.05) is 6.20 Å². The lowest BCUT2D eigenvalue weighted by atomic mass is 9.99. The highest BCUT2D eigenvalue weighted by atomic mass is 15.2. The van der Waals surface area contributed by atoms with Gasteiger partial charge in [-0.25, -0.2) is 0 Å². The Morgan fingerprint density at radius 2 is 1.89 bits per heavy atom. The van der Waals surface area contributed by atoms with Gasteiger partial charge in [0.25, 0.3) is 0 Å². The molecule has 0 radical (unpaired) electrons. The minimum absolute atomic E-state index is 0.0485. The number of hydrogen-bond donors (Lipinski definition) is 2. The lowest BCUT2D eigenvalue weighted by Gasteiger charge is -2.16. The minimum atomic E-state index is 0.0485. The highest BCUT2D eigenvalue weighted by Crippen LogP contribution is 2.17. The van der Waals surface area contributed by atoms with Crippen molar-refractivity contribution in [3.05, 3.63) is 65.0 Å². The summed E-state index contributed by atoms with van der Waals surface area (Å²) in [5, 5.41) is 0. The average molecular weight is 241 g/mol. The third-order valence-corrected chi connectivity index (χ3v) is 2.97. The summed E-state index contributed by atoms with van der Waals surface area (Å²) < 4.78 is 0. The number of pyridine rings is 1. The number of hydrazine groups is 1. The summed E-state index contributed by atoms with van der Waals surface area (Å²) in [5.74, 6) is 5.64. The number of rotatable bonds is 4. The van der Waals surface area contributed by atoms with Crippen LogP contribution in [0, 0.1) is 13.8 Å². The second-order valence-electron chi connectivity index (χ2n) is 4.67. The van der Waals surface area contributed by atoms with Gasteiger partial charge in [-0.15, -0.1) is 0 Å². The van der Waals surface area contributed by atoms with E-state index in [4.69, 9.17) is 5.84 Å². The lowest BCUT2D eigenvalue weighted by molar-refractivity contribution is 0.538. The number of nitrogens with one attached hydrogen (secondary N) is 1. The molecule has 0 saturated heterocycles. The van der Waals surface area contributed by atoms with Gasteiger partial charge in [0.1, 0.15) is 0 Å². The molecule has 1 unspecified atom stereocenters. The maximum atomic E-state index is 5.64. The molecule has 1 aromatic heterocycles. The van der Waals surface area contributed by atoms with E-state index in [0.717, 1.165) is 12.1 Å². The Morgan fingerprint density at radius 1 is 1.17 bits per heavy atom. The van der Waals surface area contributed by atoms with Crippen LogP contribution in [0.4, 0.5) is 0 Å². The molecule has 3 heteroatoms. The standard InChI is InChI=1S/C15H19N3/c1-11-7-12(2)9-13(8-11)10-15(18-16)14-5-3-4-6-17-14/h3-9,15,18H,10,16H2,1-2H3. The van der Waals surface area contributed by atoms with Crippen LogP contribution in [0.2, 0.25) is 0 Å². The van der Waals surface area contributed by atoms with Gasteiger partial charge in [-0.1, -0.05) is 35.4 Å². The number of aryl methyl sites for hydroxylation is 2. The van der Waals surface area contributed by atoms with Crippen molar-refractivity contribution in [1.82, 2.24) is 10.4 Å². The summed E-state index contributed by atoms with van der Waals surface area (Å²) in [6, 6.07) is 12.5. The molecular weight excluding hydrogens is 222 g/mol. The fourth-order valence-corrected chi connectivity index (χ4v) is 2.25. The molecule has 94 valence electrons. The lowest BCUT2D eigenvalue weighted by Crippen LogP contribution is -2.30. The van der Waals surface area contributed by atoms with Gasteiger partial charge in [-0.05, 0) is 38.0 Å². The first kappa shape index (κ1) is 12.7. The molecule has 0 aliphatic rings. The quantitative estimate of drug-likeness (QED) is 0.638. The van der Waals surface area contributed by atoms with Crippen LogP contribution in [0.5, 0.6) is 0 Å². The van der Waals surface area contributed by atoms with Gasteiger partial charge in [0.2, 0.25) is 0 Å². The van der Waals surface area contributed by atoms with Crippen molar-refractivity contribution >= 4 is 0 Å². The van der Waals surface area contributed by atoms with Crippen LogP contribution < -0.4 is 11.3 Å². The van der Waals surface area contributed by atoms with E-state index in [1.165, 1.54) is 16.7 Å². The summed E-state index contributed by atoms with van der Waals surface area (Å²) in [7, 11) is 0. The van der Waals surface area contributed by atoms with Crippen LogP contribution in [0.1, 0.15) is 28.4 Å². The van der Waals surface area contributed by atoms with E-state index < -0.39 is 0 Å². The molecule has 0 bridgehead atoms. The number of benzene rings is 1. The van der Waals surface area contributed by atoms with Gasteiger partial charge >= 0.3 is 0 Å². The predicted octanol–water partition coefficient (Wildman–Crippen LogP) is 2.45. The van der Waals surface area contributed by atoms with E-state index in [0.29, 0.717) is 0 Å². The summed E-state index contributed by atoms with van der Waals surface area (Å²) in [6.07, 6.45) is 2.64. The third-order valence-electron chi connectivity index (χ3n) is 2.97. The number of nitrogens with zero attached hydrogens (tertiary/aromatic N) is 1. The van der Waals surface area contributed by atoms with Crippen LogP contribution in [0.15, 0.2) is 42.6 Å². The molecule has 0 aliphatic carbocycles. The number of aromatic nitrogens is 1. The minimum Gasteiger partial charge on any atom is -0.271 e. The molecule has 0 amide bonds. The third kappa shape index (κ3) is 3.15. The molecule has 2 aromatic rings. The van der Waals surface area contributed by atoms with Crippen LogP contribution in [0.3, 0.4) is 0 Å². The molecule has 18 heavy (non-hydrogen) atoms. The molecular formula is C15H19N3. The largest absolute Gasteiger partial charge is 0.271 e. The van der Waals surface area contributed by atoms with Gasteiger partial charge < -0.3 is 0 Å². The monoisotopic (exact) mass is 241 g/mol. The van der Waals surface area contributed by atoms with E-state index in [1.54, 1.807) is 6.20 Å². The zero-order chi connectivity index (χ0) is 13.0. The predicted molar refractivity (Wildman–Crippen MR) is 73.9 cm³/mol. The Kier molecular flexibility index (Phi) is 4.07. The van der Waals surface area contributed by atoms with Crippen molar-refractivity contribution in [3.63, 3.8) is 0 Å². The summed E-state index contributed by atoms with van der Waals surface area (Å²) in [4.78, 5) is 4.35. The topological polar surface area (TPSA) is 50.9 Å². The Bertz CT molecular complexity index is 488. The molecule has 1 aromatic carbocycles. The Morgan fingerprint density at radius 3 is 2.44 bits per heavy atom. The van der Waals surface area contributed by atoms with E-state index in [9.17, 15) is 0 Å². The second-order valence-corrected chi connectivity index (χ2v) is 4.67. The van der Waals surface area contributed by atoms with Crippen molar-refractivity contribution in [1.29, 1.82) is 0 Å². The van der Waals surface area contributed by atoms with Crippen LogP contribution in [-0.2, 0) is 6.42 Å². The fourth-order valence-electron chi connectivity index (χ4n) is 2.25. The zero-order valence-electron chi connectivity index (χ0n) is 10.9. The van der Waals surface area contributed by atoms with Crippen molar-refractivity contribution in [2.45, 2.75) is 26.3 Å².